The molecule has 18 heavy (non-hydrogen) atoms. The molecule has 0 atom stereocenters. The van der Waals surface area contributed by atoms with Crippen LogP contribution >= 0.6 is 15.9 Å². The zero-order chi connectivity index (χ0) is 13.3. The maximum absolute atomic E-state index is 12.8. The second-order valence-electron chi connectivity index (χ2n) is 3.53. The zero-order valence-corrected chi connectivity index (χ0v) is 10.5. The third-order valence-electron chi connectivity index (χ3n) is 2.32. The van der Waals surface area contributed by atoms with Crippen LogP contribution in [0.25, 0.3) is 5.69 Å². The van der Waals surface area contributed by atoms with Crippen molar-refractivity contribution in [3.8, 4) is 5.69 Å². The van der Waals surface area contributed by atoms with Crippen molar-refractivity contribution in [2.75, 3.05) is 0 Å². The first kappa shape index (κ1) is 12.5. The fourth-order valence-electron chi connectivity index (χ4n) is 1.50. The van der Waals surface area contributed by atoms with Gasteiger partial charge in [0.05, 0.1) is 0 Å². The minimum Gasteiger partial charge on any atom is -0.477 e. The molecule has 1 N–H and O–H groups in total. The molecule has 2 aromatic rings. The summed E-state index contributed by atoms with van der Waals surface area (Å²) in [4.78, 5) is 22.8. The molecular formula is C12H7BrFNO3. The molecule has 0 unspecified atom stereocenters. The highest BCUT2D eigenvalue weighted by Crippen LogP contribution is 2.13. The van der Waals surface area contributed by atoms with Crippen LogP contribution in [0.4, 0.5) is 4.39 Å². The van der Waals surface area contributed by atoms with Crippen LogP contribution in [0.1, 0.15) is 10.4 Å². The van der Waals surface area contributed by atoms with Gasteiger partial charge in [0.15, 0.2) is 0 Å². The number of benzene rings is 1. The topological polar surface area (TPSA) is 59.3 Å². The molecule has 0 amide bonds. The van der Waals surface area contributed by atoms with Gasteiger partial charge in [-0.2, -0.15) is 0 Å². The minimum absolute atomic E-state index is 0.353. The number of carboxylic acids is 1. The molecule has 0 fully saturated rings. The van der Waals surface area contributed by atoms with Crippen LogP contribution in [0.5, 0.6) is 0 Å². The molecule has 0 aliphatic rings. The Kier molecular flexibility index (Phi) is 3.29. The number of hydrogen-bond acceptors (Lipinski definition) is 2. The maximum atomic E-state index is 12.8. The minimum atomic E-state index is -1.31. The molecule has 4 nitrogen and oxygen atoms in total. The highest BCUT2D eigenvalue weighted by molar-refractivity contribution is 9.10. The largest absolute Gasteiger partial charge is 0.477 e. The molecule has 2 rings (SSSR count). The van der Waals surface area contributed by atoms with Crippen molar-refractivity contribution in [1.29, 1.82) is 0 Å². The molecule has 6 heteroatoms. The van der Waals surface area contributed by atoms with Gasteiger partial charge in [-0.25, -0.2) is 9.18 Å². The maximum Gasteiger partial charge on any atom is 0.341 e. The van der Waals surface area contributed by atoms with E-state index < -0.39 is 17.3 Å². The SMILES string of the molecule is O=C(O)c1cc(Br)cn(-c2ccc(F)cc2)c1=O. The molecule has 0 aliphatic heterocycles. The summed E-state index contributed by atoms with van der Waals surface area (Å²) in [6.45, 7) is 0. The number of aromatic carboxylic acids is 1. The lowest BCUT2D eigenvalue weighted by Gasteiger charge is -2.07. The van der Waals surface area contributed by atoms with Crippen LogP contribution in [0.3, 0.4) is 0 Å². The first-order valence-electron chi connectivity index (χ1n) is 4.90. The number of aromatic nitrogens is 1. The van der Waals surface area contributed by atoms with Gasteiger partial charge in [-0.15, -0.1) is 0 Å². The average molecular weight is 312 g/mol. The molecule has 0 spiro atoms. The lowest BCUT2D eigenvalue weighted by molar-refractivity contribution is 0.0694. The number of halogens is 2. The van der Waals surface area contributed by atoms with Gasteiger partial charge in [0.2, 0.25) is 0 Å². The smallest absolute Gasteiger partial charge is 0.341 e. The number of carboxylic acid groups (broad SMARTS) is 1. The fraction of sp³-hybridized carbons (Fsp3) is 0. The van der Waals surface area contributed by atoms with Gasteiger partial charge in [0, 0.05) is 16.4 Å². The van der Waals surface area contributed by atoms with Crippen LogP contribution in [-0.4, -0.2) is 15.6 Å². The van der Waals surface area contributed by atoms with E-state index in [1.54, 1.807) is 0 Å². The summed E-state index contributed by atoms with van der Waals surface area (Å²) in [7, 11) is 0. The van der Waals surface area contributed by atoms with Gasteiger partial charge in [-0.1, -0.05) is 0 Å². The number of pyridine rings is 1. The van der Waals surface area contributed by atoms with Crippen LogP contribution in [0, 0.1) is 5.82 Å². The summed E-state index contributed by atoms with van der Waals surface area (Å²) in [6, 6.07) is 6.42. The Labute approximate surface area is 109 Å². The van der Waals surface area contributed by atoms with E-state index in [0.29, 0.717) is 10.2 Å². The molecule has 0 saturated carbocycles. The average Bonchev–Trinajstić information content (AvgIpc) is 2.32. The standard InChI is InChI=1S/C12H7BrFNO3/c13-7-5-10(12(17)18)11(16)15(6-7)9-3-1-8(14)2-4-9/h1-6H,(H,17,18). The van der Waals surface area contributed by atoms with Gasteiger partial charge in [0.25, 0.3) is 5.56 Å². The van der Waals surface area contributed by atoms with E-state index in [9.17, 15) is 14.0 Å². The summed E-state index contributed by atoms with van der Waals surface area (Å²) < 4.78 is 14.4. The highest BCUT2D eigenvalue weighted by atomic mass is 79.9. The fourth-order valence-corrected chi connectivity index (χ4v) is 1.93. The van der Waals surface area contributed by atoms with Crippen molar-refractivity contribution in [3.05, 3.63) is 62.7 Å². The van der Waals surface area contributed by atoms with E-state index in [2.05, 4.69) is 15.9 Å². The first-order chi connectivity index (χ1) is 8.49. The van der Waals surface area contributed by atoms with Crippen molar-refractivity contribution in [2.45, 2.75) is 0 Å². The third-order valence-corrected chi connectivity index (χ3v) is 2.75. The Balaban J connectivity index is 2.68. The van der Waals surface area contributed by atoms with Crippen LogP contribution < -0.4 is 5.56 Å². The third kappa shape index (κ3) is 2.33. The van der Waals surface area contributed by atoms with Gasteiger partial charge in [-0.3, -0.25) is 9.36 Å². The van der Waals surface area contributed by atoms with Crippen molar-refractivity contribution in [2.24, 2.45) is 0 Å². The molecule has 0 bridgehead atoms. The lowest BCUT2D eigenvalue weighted by Crippen LogP contribution is -2.24. The number of rotatable bonds is 2. The molecule has 0 radical (unpaired) electrons. The van der Waals surface area contributed by atoms with Gasteiger partial charge >= 0.3 is 5.97 Å². The predicted molar refractivity (Wildman–Crippen MR) is 66.7 cm³/mol. The van der Waals surface area contributed by atoms with Crippen molar-refractivity contribution >= 4 is 21.9 Å². The summed E-state index contributed by atoms with van der Waals surface area (Å²) in [5, 5.41) is 8.91. The molecule has 1 aromatic heterocycles. The van der Waals surface area contributed by atoms with Crippen LogP contribution in [-0.2, 0) is 0 Å². The first-order valence-corrected chi connectivity index (χ1v) is 5.70. The van der Waals surface area contributed by atoms with E-state index in [1.165, 1.54) is 36.5 Å². The monoisotopic (exact) mass is 311 g/mol. The van der Waals surface area contributed by atoms with Crippen LogP contribution in [0.2, 0.25) is 0 Å². The van der Waals surface area contributed by atoms with Gasteiger partial charge in [0.1, 0.15) is 11.4 Å². The second-order valence-corrected chi connectivity index (χ2v) is 4.44. The molecule has 92 valence electrons. The quantitative estimate of drug-likeness (QED) is 0.926. The predicted octanol–water partition coefficient (Wildman–Crippen LogP) is 2.44. The number of carbonyl (C=O) groups is 1. The zero-order valence-electron chi connectivity index (χ0n) is 8.93. The number of nitrogens with zero attached hydrogens (tertiary/aromatic N) is 1. The Morgan fingerprint density at radius 2 is 1.89 bits per heavy atom. The van der Waals surface area contributed by atoms with E-state index >= 15 is 0 Å². The molecular weight excluding hydrogens is 305 g/mol. The van der Waals surface area contributed by atoms with Gasteiger partial charge < -0.3 is 5.11 Å². The Bertz CT molecular complexity index is 664. The number of hydrogen-bond donors (Lipinski definition) is 1. The highest BCUT2D eigenvalue weighted by Gasteiger charge is 2.13. The molecule has 0 aliphatic carbocycles. The van der Waals surface area contributed by atoms with Gasteiger partial charge in [-0.05, 0) is 46.3 Å². The molecule has 1 heterocycles. The second kappa shape index (κ2) is 4.73. The Hall–Kier alpha value is -1.95. The molecule has 0 saturated heterocycles. The van der Waals surface area contributed by atoms with Crippen molar-refractivity contribution in [3.63, 3.8) is 0 Å². The summed E-state index contributed by atoms with van der Waals surface area (Å²) >= 11 is 3.13. The summed E-state index contributed by atoms with van der Waals surface area (Å²) in [5.41, 5.74) is -0.629. The summed E-state index contributed by atoms with van der Waals surface area (Å²) in [6.07, 6.45) is 1.43. The molecule has 1 aromatic carbocycles. The van der Waals surface area contributed by atoms with Crippen molar-refractivity contribution < 1.29 is 14.3 Å². The van der Waals surface area contributed by atoms with Crippen LogP contribution in [0.15, 0.2) is 45.8 Å². The Morgan fingerprint density at radius 1 is 1.28 bits per heavy atom. The van der Waals surface area contributed by atoms with E-state index in [1.807, 2.05) is 0 Å². The lowest BCUT2D eigenvalue weighted by atomic mass is 10.2. The normalized spacial score (nSPS) is 10.3. The van der Waals surface area contributed by atoms with Crippen molar-refractivity contribution in [1.82, 2.24) is 4.57 Å². The Morgan fingerprint density at radius 3 is 2.44 bits per heavy atom. The summed E-state index contributed by atoms with van der Waals surface area (Å²) in [5.74, 6) is -1.74. The van der Waals surface area contributed by atoms with E-state index in [-0.39, 0.29) is 5.56 Å². The van der Waals surface area contributed by atoms with E-state index in [4.69, 9.17) is 5.11 Å². The van der Waals surface area contributed by atoms with E-state index in [0.717, 1.165) is 4.57 Å².